The summed E-state index contributed by atoms with van der Waals surface area (Å²) < 4.78 is 1.67. The molecule has 2 heterocycles. The van der Waals surface area contributed by atoms with Crippen LogP contribution in [0.25, 0.3) is 5.69 Å². The summed E-state index contributed by atoms with van der Waals surface area (Å²) in [4.78, 5) is 14.2. The van der Waals surface area contributed by atoms with Crippen LogP contribution in [0.1, 0.15) is 5.56 Å². The minimum Gasteiger partial charge on any atom is -0.379 e. The number of para-hydroxylation sites is 2. The minimum atomic E-state index is -0.377. The first-order chi connectivity index (χ1) is 10.2. The van der Waals surface area contributed by atoms with Crippen molar-refractivity contribution < 1.29 is 4.92 Å². The van der Waals surface area contributed by atoms with Crippen LogP contribution < -0.4 is 5.32 Å². The highest BCUT2D eigenvalue weighted by Crippen LogP contribution is 2.24. The third kappa shape index (κ3) is 2.90. The third-order valence-electron chi connectivity index (χ3n) is 2.87. The van der Waals surface area contributed by atoms with Gasteiger partial charge in [-0.3, -0.25) is 10.1 Å². The minimum absolute atomic E-state index is 0.149. The molecule has 0 saturated carbocycles. The van der Waals surface area contributed by atoms with Crippen molar-refractivity contribution in [3.05, 3.63) is 64.0 Å². The van der Waals surface area contributed by atoms with Crippen LogP contribution in [0.5, 0.6) is 0 Å². The van der Waals surface area contributed by atoms with Crippen molar-refractivity contribution in [3.8, 4) is 5.69 Å². The molecule has 7 nitrogen and oxygen atoms in total. The Morgan fingerprint density at radius 2 is 2.24 bits per heavy atom. The molecular formula is C13H11N5O2S. The Kier molecular flexibility index (Phi) is 3.61. The lowest BCUT2D eigenvalue weighted by Crippen LogP contribution is -2.04. The van der Waals surface area contributed by atoms with Crippen molar-refractivity contribution in [2.45, 2.75) is 6.54 Å². The van der Waals surface area contributed by atoms with Crippen LogP contribution in [-0.2, 0) is 6.54 Å². The zero-order valence-corrected chi connectivity index (χ0v) is 11.7. The van der Waals surface area contributed by atoms with Gasteiger partial charge in [0.05, 0.1) is 16.3 Å². The molecule has 0 bridgehead atoms. The predicted octanol–water partition coefficient (Wildman–Crippen LogP) is 2.85. The molecule has 0 aliphatic heterocycles. The van der Waals surface area contributed by atoms with Crippen molar-refractivity contribution in [3.63, 3.8) is 0 Å². The van der Waals surface area contributed by atoms with Gasteiger partial charge in [0.2, 0.25) is 0 Å². The molecule has 0 fully saturated rings. The molecule has 21 heavy (non-hydrogen) atoms. The Hall–Kier alpha value is -2.74. The molecule has 8 heteroatoms. The first kappa shape index (κ1) is 13.3. The van der Waals surface area contributed by atoms with Crippen LogP contribution in [0.3, 0.4) is 0 Å². The molecular weight excluding hydrogens is 290 g/mol. The summed E-state index contributed by atoms with van der Waals surface area (Å²) in [5, 5.41) is 20.0. The van der Waals surface area contributed by atoms with Gasteiger partial charge in [-0.05, 0) is 17.7 Å². The second-order valence-electron chi connectivity index (χ2n) is 4.26. The average Bonchev–Trinajstić information content (AvgIpc) is 3.17. The lowest BCUT2D eigenvalue weighted by Gasteiger charge is -2.10. The van der Waals surface area contributed by atoms with E-state index in [1.807, 2.05) is 24.3 Å². The smallest absolute Gasteiger partial charge is 0.324 e. The summed E-state index contributed by atoms with van der Waals surface area (Å²) in [6.07, 6.45) is 3.09. The van der Waals surface area contributed by atoms with Crippen molar-refractivity contribution in [1.29, 1.82) is 0 Å². The van der Waals surface area contributed by atoms with Gasteiger partial charge < -0.3 is 5.32 Å². The van der Waals surface area contributed by atoms with Crippen molar-refractivity contribution in [2.24, 2.45) is 0 Å². The molecule has 0 aliphatic carbocycles. The summed E-state index contributed by atoms with van der Waals surface area (Å²) in [5.41, 5.74) is 2.64. The average molecular weight is 301 g/mol. The Morgan fingerprint density at radius 1 is 1.38 bits per heavy atom. The second kappa shape index (κ2) is 5.71. The molecule has 2 aromatic heterocycles. The summed E-state index contributed by atoms with van der Waals surface area (Å²) in [6, 6.07) is 9.26. The molecule has 1 N–H and O–H groups in total. The topological polar surface area (TPSA) is 85.9 Å². The number of aromatic nitrogens is 3. The zero-order chi connectivity index (χ0) is 14.7. The van der Waals surface area contributed by atoms with Gasteiger partial charge in [0.25, 0.3) is 0 Å². The summed E-state index contributed by atoms with van der Waals surface area (Å²) in [6.45, 7) is 0.510. The standard InChI is InChI=1S/C13H11N5O2S/c19-18(20)13-5-10(7-21-13)6-15-11-3-1-2-4-12(11)17-9-14-8-16-17/h1-5,7-9,15H,6H2. The molecule has 3 aromatic rings. The highest BCUT2D eigenvalue weighted by atomic mass is 32.1. The van der Waals surface area contributed by atoms with E-state index in [0.717, 1.165) is 28.3 Å². The van der Waals surface area contributed by atoms with Gasteiger partial charge in [-0.1, -0.05) is 23.5 Å². The number of hydrogen-bond donors (Lipinski definition) is 1. The summed E-state index contributed by atoms with van der Waals surface area (Å²) >= 11 is 1.13. The number of rotatable bonds is 5. The Bertz CT molecular complexity index is 754. The van der Waals surface area contributed by atoms with E-state index in [9.17, 15) is 10.1 Å². The maximum absolute atomic E-state index is 10.7. The van der Waals surface area contributed by atoms with Gasteiger partial charge in [-0.2, -0.15) is 5.10 Å². The molecule has 0 saturated heterocycles. The van der Waals surface area contributed by atoms with Crippen LogP contribution in [-0.4, -0.2) is 19.7 Å². The zero-order valence-electron chi connectivity index (χ0n) is 10.8. The van der Waals surface area contributed by atoms with Gasteiger partial charge in [-0.25, -0.2) is 9.67 Å². The predicted molar refractivity (Wildman–Crippen MR) is 79.7 cm³/mol. The van der Waals surface area contributed by atoms with E-state index in [2.05, 4.69) is 15.4 Å². The third-order valence-corrected chi connectivity index (χ3v) is 3.80. The molecule has 0 spiro atoms. The fraction of sp³-hybridized carbons (Fsp3) is 0.0769. The number of anilines is 1. The first-order valence-corrected chi connectivity index (χ1v) is 7.02. The van der Waals surface area contributed by atoms with E-state index in [0.29, 0.717) is 6.54 Å². The van der Waals surface area contributed by atoms with E-state index >= 15 is 0 Å². The normalized spacial score (nSPS) is 10.5. The lowest BCUT2D eigenvalue weighted by molar-refractivity contribution is -0.380. The van der Waals surface area contributed by atoms with Crippen LogP contribution in [0.4, 0.5) is 10.7 Å². The van der Waals surface area contributed by atoms with E-state index < -0.39 is 0 Å². The Morgan fingerprint density at radius 3 is 2.95 bits per heavy atom. The number of hydrogen-bond acceptors (Lipinski definition) is 6. The van der Waals surface area contributed by atoms with Crippen molar-refractivity contribution in [2.75, 3.05) is 5.32 Å². The molecule has 0 unspecified atom stereocenters. The van der Waals surface area contributed by atoms with Gasteiger partial charge in [0.15, 0.2) is 0 Å². The maximum atomic E-state index is 10.7. The maximum Gasteiger partial charge on any atom is 0.324 e. The SMILES string of the molecule is O=[N+]([O-])c1cc(CNc2ccccc2-n2cncn2)cs1. The number of thiophene rings is 1. The number of nitro groups is 1. The fourth-order valence-electron chi connectivity index (χ4n) is 1.90. The molecule has 1 aromatic carbocycles. The fourth-order valence-corrected chi connectivity index (χ4v) is 2.63. The Balaban J connectivity index is 1.77. The number of benzene rings is 1. The largest absolute Gasteiger partial charge is 0.379 e. The molecule has 0 atom stereocenters. The van der Waals surface area contributed by atoms with Gasteiger partial charge in [0.1, 0.15) is 12.7 Å². The van der Waals surface area contributed by atoms with Crippen molar-refractivity contribution in [1.82, 2.24) is 14.8 Å². The number of nitrogens with zero attached hydrogens (tertiary/aromatic N) is 4. The molecule has 0 amide bonds. The number of nitrogens with one attached hydrogen (secondary N) is 1. The van der Waals surface area contributed by atoms with E-state index in [-0.39, 0.29) is 9.92 Å². The Labute approximate surface area is 124 Å². The molecule has 106 valence electrons. The molecule has 3 rings (SSSR count). The van der Waals surface area contributed by atoms with E-state index in [1.54, 1.807) is 22.5 Å². The van der Waals surface area contributed by atoms with Crippen molar-refractivity contribution >= 4 is 22.0 Å². The second-order valence-corrected chi connectivity index (χ2v) is 5.15. The summed E-state index contributed by atoms with van der Waals surface area (Å²) in [7, 11) is 0. The first-order valence-electron chi connectivity index (χ1n) is 6.14. The van der Waals surface area contributed by atoms with Gasteiger partial charge in [0, 0.05) is 18.0 Å². The van der Waals surface area contributed by atoms with Crippen LogP contribution in [0.15, 0.2) is 48.4 Å². The highest BCUT2D eigenvalue weighted by Gasteiger charge is 2.10. The van der Waals surface area contributed by atoms with E-state index in [1.165, 1.54) is 6.33 Å². The lowest BCUT2D eigenvalue weighted by atomic mass is 10.2. The van der Waals surface area contributed by atoms with Crippen LogP contribution in [0, 0.1) is 10.1 Å². The quantitative estimate of drug-likeness (QED) is 0.578. The highest BCUT2D eigenvalue weighted by molar-refractivity contribution is 7.13. The van der Waals surface area contributed by atoms with Crippen LogP contribution >= 0.6 is 11.3 Å². The van der Waals surface area contributed by atoms with Gasteiger partial charge >= 0.3 is 5.00 Å². The van der Waals surface area contributed by atoms with E-state index in [4.69, 9.17) is 0 Å². The summed E-state index contributed by atoms with van der Waals surface area (Å²) in [5.74, 6) is 0. The molecule has 0 radical (unpaired) electrons. The molecule has 0 aliphatic rings. The van der Waals surface area contributed by atoms with Crippen LogP contribution in [0.2, 0.25) is 0 Å². The van der Waals surface area contributed by atoms with Gasteiger partial charge in [-0.15, -0.1) is 0 Å². The monoisotopic (exact) mass is 301 g/mol.